The average Bonchev–Trinajstić information content (AvgIpc) is 2.74. The van der Waals surface area contributed by atoms with Crippen LogP contribution in [0.3, 0.4) is 0 Å². The Bertz CT molecular complexity index is 848. The molecule has 7 nitrogen and oxygen atoms in total. The van der Waals surface area contributed by atoms with Crippen molar-refractivity contribution in [3.63, 3.8) is 0 Å². The molecule has 0 bridgehead atoms. The third-order valence-corrected chi connectivity index (χ3v) is 5.40. The first-order valence-electron chi connectivity index (χ1n) is 10.0. The molecule has 2 N–H and O–H groups in total. The van der Waals surface area contributed by atoms with Crippen molar-refractivity contribution in [2.75, 3.05) is 50.8 Å². The number of rotatable bonds is 5. The Labute approximate surface area is 170 Å². The molecule has 0 unspecified atom stereocenters. The topological polar surface area (TPSA) is 74.3 Å². The van der Waals surface area contributed by atoms with Crippen LogP contribution in [0.4, 0.5) is 5.69 Å². The molecule has 2 aromatic carbocycles. The summed E-state index contributed by atoms with van der Waals surface area (Å²) in [5, 5.41) is 12.5. The second kappa shape index (κ2) is 8.61. The van der Waals surface area contributed by atoms with E-state index in [1.165, 1.54) is 0 Å². The van der Waals surface area contributed by atoms with Gasteiger partial charge in [0.1, 0.15) is 19.0 Å². The quantitative estimate of drug-likeness (QED) is 0.806. The van der Waals surface area contributed by atoms with Crippen LogP contribution in [0.1, 0.15) is 18.5 Å². The number of nitrogens with zero attached hydrogens (tertiary/aromatic N) is 2. The van der Waals surface area contributed by atoms with E-state index >= 15 is 0 Å². The standard InChI is InChI=1S/C22H27N3O4/c1-16(17-2-7-20-21(14-17)29-13-12-28-20)23-22(27)15-24-8-10-25(11-9-24)18-3-5-19(26)6-4-18/h2-7,14,16,26H,8-13,15H2,1H3,(H,23,27)/t16-/m0/s1. The van der Waals surface area contributed by atoms with E-state index in [-0.39, 0.29) is 17.7 Å². The van der Waals surface area contributed by atoms with E-state index in [1.807, 2.05) is 37.3 Å². The lowest BCUT2D eigenvalue weighted by Crippen LogP contribution is -2.49. The number of carbonyl (C=O) groups is 1. The lowest BCUT2D eigenvalue weighted by molar-refractivity contribution is -0.123. The average molecular weight is 397 g/mol. The van der Waals surface area contributed by atoms with Crippen LogP contribution in [-0.4, -0.2) is 61.9 Å². The van der Waals surface area contributed by atoms with Crippen molar-refractivity contribution in [1.29, 1.82) is 0 Å². The highest BCUT2D eigenvalue weighted by molar-refractivity contribution is 5.78. The Morgan fingerprint density at radius 2 is 1.72 bits per heavy atom. The molecule has 1 saturated heterocycles. The summed E-state index contributed by atoms with van der Waals surface area (Å²) >= 11 is 0. The number of fused-ring (bicyclic) bond motifs is 1. The molecule has 2 aromatic rings. The van der Waals surface area contributed by atoms with E-state index in [9.17, 15) is 9.90 Å². The monoisotopic (exact) mass is 397 g/mol. The number of carbonyl (C=O) groups excluding carboxylic acids is 1. The third kappa shape index (κ3) is 4.74. The SMILES string of the molecule is C[C@H](NC(=O)CN1CCN(c2ccc(O)cc2)CC1)c1ccc2c(c1)OCCO2. The number of hydrogen-bond donors (Lipinski definition) is 2. The first kappa shape index (κ1) is 19.4. The van der Waals surface area contributed by atoms with Gasteiger partial charge in [-0.3, -0.25) is 9.69 Å². The van der Waals surface area contributed by atoms with Crippen LogP contribution in [0, 0.1) is 0 Å². The molecular weight excluding hydrogens is 370 g/mol. The second-order valence-corrected chi connectivity index (χ2v) is 7.47. The highest BCUT2D eigenvalue weighted by atomic mass is 16.6. The summed E-state index contributed by atoms with van der Waals surface area (Å²) < 4.78 is 11.2. The Kier molecular flexibility index (Phi) is 5.76. The van der Waals surface area contributed by atoms with Crippen molar-refractivity contribution < 1.29 is 19.4 Å². The minimum atomic E-state index is -0.100. The zero-order valence-corrected chi connectivity index (χ0v) is 16.6. The van der Waals surface area contributed by atoms with Gasteiger partial charge in [-0.25, -0.2) is 0 Å². The van der Waals surface area contributed by atoms with E-state index < -0.39 is 0 Å². The predicted octanol–water partition coefficient (Wildman–Crippen LogP) is 2.16. The maximum atomic E-state index is 12.5. The molecule has 154 valence electrons. The van der Waals surface area contributed by atoms with Crippen molar-refractivity contribution in [3.8, 4) is 17.2 Å². The van der Waals surface area contributed by atoms with E-state index in [4.69, 9.17) is 9.47 Å². The third-order valence-electron chi connectivity index (χ3n) is 5.40. The summed E-state index contributed by atoms with van der Waals surface area (Å²) in [5.74, 6) is 1.78. The molecule has 0 radical (unpaired) electrons. The Hall–Kier alpha value is -2.93. The van der Waals surface area contributed by atoms with Crippen molar-refractivity contribution in [1.82, 2.24) is 10.2 Å². The number of phenolic OH excluding ortho intramolecular Hbond substituents is 1. The van der Waals surface area contributed by atoms with Crippen LogP contribution in [-0.2, 0) is 4.79 Å². The smallest absolute Gasteiger partial charge is 0.234 e. The molecule has 2 aliphatic rings. The normalized spacial score (nSPS) is 17.6. The molecule has 7 heteroatoms. The zero-order chi connectivity index (χ0) is 20.2. The summed E-state index contributed by atoms with van der Waals surface area (Å²) in [7, 11) is 0. The van der Waals surface area contributed by atoms with Gasteiger partial charge in [0, 0.05) is 31.9 Å². The van der Waals surface area contributed by atoms with Gasteiger partial charge in [0.05, 0.1) is 12.6 Å². The Balaban J connectivity index is 1.26. The van der Waals surface area contributed by atoms with Gasteiger partial charge in [-0.15, -0.1) is 0 Å². The van der Waals surface area contributed by atoms with Gasteiger partial charge in [0.2, 0.25) is 5.91 Å². The largest absolute Gasteiger partial charge is 0.508 e. The van der Waals surface area contributed by atoms with Gasteiger partial charge < -0.3 is 24.8 Å². The van der Waals surface area contributed by atoms with Crippen molar-refractivity contribution in [3.05, 3.63) is 48.0 Å². The molecule has 4 rings (SSSR count). The van der Waals surface area contributed by atoms with Crippen molar-refractivity contribution in [2.24, 2.45) is 0 Å². The molecule has 0 saturated carbocycles. The van der Waals surface area contributed by atoms with Crippen LogP contribution in [0.15, 0.2) is 42.5 Å². The number of phenols is 1. The fourth-order valence-corrected chi connectivity index (χ4v) is 3.73. The maximum absolute atomic E-state index is 12.5. The predicted molar refractivity (Wildman–Crippen MR) is 111 cm³/mol. The first-order chi connectivity index (χ1) is 14.1. The number of nitrogens with one attached hydrogen (secondary N) is 1. The van der Waals surface area contributed by atoms with E-state index in [1.54, 1.807) is 12.1 Å². The number of ether oxygens (including phenoxy) is 2. The molecule has 0 spiro atoms. The van der Waals surface area contributed by atoms with E-state index in [2.05, 4.69) is 15.1 Å². The van der Waals surface area contributed by atoms with Crippen LogP contribution < -0.4 is 19.7 Å². The summed E-state index contributed by atoms with van der Waals surface area (Å²) in [4.78, 5) is 17.0. The van der Waals surface area contributed by atoms with Gasteiger partial charge in [-0.05, 0) is 48.9 Å². The number of aromatic hydroxyl groups is 1. The Morgan fingerprint density at radius 1 is 1.03 bits per heavy atom. The zero-order valence-electron chi connectivity index (χ0n) is 16.6. The number of piperazine rings is 1. The van der Waals surface area contributed by atoms with E-state index in [0.717, 1.165) is 48.9 Å². The molecule has 1 atom stereocenters. The summed E-state index contributed by atoms with van der Waals surface area (Å²) in [6, 6.07) is 13.0. The summed E-state index contributed by atoms with van der Waals surface area (Å²) in [6.07, 6.45) is 0. The van der Waals surface area contributed by atoms with Gasteiger partial charge >= 0.3 is 0 Å². The Morgan fingerprint density at radius 3 is 2.45 bits per heavy atom. The van der Waals surface area contributed by atoms with Crippen LogP contribution in [0.25, 0.3) is 0 Å². The molecule has 29 heavy (non-hydrogen) atoms. The van der Waals surface area contributed by atoms with E-state index in [0.29, 0.717) is 19.8 Å². The fraction of sp³-hybridized carbons (Fsp3) is 0.409. The molecule has 2 heterocycles. The van der Waals surface area contributed by atoms with Gasteiger partial charge in [-0.1, -0.05) is 6.07 Å². The molecular formula is C22H27N3O4. The van der Waals surface area contributed by atoms with Gasteiger partial charge in [0.15, 0.2) is 11.5 Å². The molecule has 0 aromatic heterocycles. The molecule has 1 fully saturated rings. The number of benzene rings is 2. The van der Waals surface area contributed by atoms with Crippen LogP contribution >= 0.6 is 0 Å². The van der Waals surface area contributed by atoms with Gasteiger partial charge in [0.25, 0.3) is 0 Å². The summed E-state index contributed by atoms with van der Waals surface area (Å²) in [6.45, 7) is 6.85. The highest BCUT2D eigenvalue weighted by Gasteiger charge is 2.21. The lowest BCUT2D eigenvalue weighted by atomic mass is 10.1. The van der Waals surface area contributed by atoms with Gasteiger partial charge in [-0.2, -0.15) is 0 Å². The van der Waals surface area contributed by atoms with Crippen molar-refractivity contribution in [2.45, 2.75) is 13.0 Å². The summed E-state index contributed by atoms with van der Waals surface area (Å²) in [5.41, 5.74) is 2.10. The number of hydrogen-bond acceptors (Lipinski definition) is 6. The van der Waals surface area contributed by atoms with Crippen molar-refractivity contribution >= 4 is 11.6 Å². The minimum Gasteiger partial charge on any atom is -0.508 e. The fourth-order valence-electron chi connectivity index (χ4n) is 3.73. The second-order valence-electron chi connectivity index (χ2n) is 7.47. The number of anilines is 1. The molecule has 0 aliphatic carbocycles. The maximum Gasteiger partial charge on any atom is 0.234 e. The first-order valence-corrected chi connectivity index (χ1v) is 10.0. The molecule has 1 amide bonds. The highest BCUT2D eigenvalue weighted by Crippen LogP contribution is 2.32. The van der Waals surface area contributed by atoms with Crippen LogP contribution in [0.5, 0.6) is 17.2 Å². The molecule has 2 aliphatic heterocycles. The lowest BCUT2D eigenvalue weighted by Gasteiger charge is -2.35. The minimum absolute atomic E-state index is 0.0190. The van der Waals surface area contributed by atoms with Crippen LogP contribution in [0.2, 0.25) is 0 Å². The number of amides is 1.